The first kappa shape index (κ1) is 7.60. The standard InChI is InChI=1S/C6H10N2OS/c1-2-3-5-7-4-6(9)8(5)10/h10H,2-4H2,1H3. The van der Waals surface area contributed by atoms with E-state index in [1.807, 2.05) is 6.92 Å². The van der Waals surface area contributed by atoms with Crippen LogP contribution < -0.4 is 0 Å². The van der Waals surface area contributed by atoms with Gasteiger partial charge in [0.1, 0.15) is 12.4 Å². The van der Waals surface area contributed by atoms with Gasteiger partial charge in [-0.15, -0.1) is 0 Å². The lowest BCUT2D eigenvalue weighted by molar-refractivity contribution is -0.121. The van der Waals surface area contributed by atoms with E-state index in [4.69, 9.17) is 0 Å². The highest BCUT2D eigenvalue weighted by Gasteiger charge is 2.20. The first-order valence-electron chi connectivity index (χ1n) is 3.31. The summed E-state index contributed by atoms with van der Waals surface area (Å²) in [6.07, 6.45) is 1.85. The monoisotopic (exact) mass is 158 g/mol. The van der Waals surface area contributed by atoms with Crippen LogP contribution in [-0.2, 0) is 4.79 Å². The third-order valence-corrected chi connectivity index (χ3v) is 1.81. The molecule has 0 radical (unpaired) electrons. The quantitative estimate of drug-likeness (QED) is 0.594. The Hall–Kier alpha value is -0.510. The molecule has 1 aliphatic rings. The van der Waals surface area contributed by atoms with Crippen molar-refractivity contribution in [3.63, 3.8) is 0 Å². The van der Waals surface area contributed by atoms with Crippen LogP contribution in [0.2, 0.25) is 0 Å². The number of nitrogens with zero attached hydrogens (tertiary/aromatic N) is 2. The van der Waals surface area contributed by atoms with Crippen molar-refractivity contribution in [3.8, 4) is 0 Å². The fraction of sp³-hybridized carbons (Fsp3) is 0.667. The molecule has 1 aliphatic heterocycles. The maximum atomic E-state index is 10.8. The van der Waals surface area contributed by atoms with Gasteiger partial charge in [0.2, 0.25) is 0 Å². The zero-order valence-electron chi connectivity index (χ0n) is 5.87. The highest BCUT2D eigenvalue weighted by Crippen LogP contribution is 2.09. The first-order chi connectivity index (χ1) is 4.75. The van der Waals surface area contributed by atoms with Crippen LogP contribution in [0.25, 0.3) is 0 Å². The van der Waals surface area contributed by atoms with Crippen LogP contribution in [0.5, 0.6) is 0 Å². The summed E-state index contributed by atoms with van der Waals surface area (Å²) < 4.78 is 1.34. The average molecular weight is 158 g/mol. The van der Waals surface area contributed by atoms with Gasteiger partial charge < -0.3 is 0 Å². The predicted octanol–water partition coefficient (Wildman–Crippen LogP) is 0.872. The number of carbonyl (C=O) groups is 1. The van der Waals surface area contributed by atoms with Crippen LogP contribution in [0.4, 0.5) is 0 Å². The molecule has 1 amide bonds. The maximum absolute atomic E-state index is 10.8. The van der Waals surface area contributed by atoms with Crippen LogP contribution in [0.1, 0.15) is 19.8 Å². The minimum Gasteiger partial charge on any atom is -0.271 e. The van der Waals surface area contributed by atoms with Gasteiger partial charge in [0.05, 0.1) is 0 Å². The van der Waals surface area contributed by atoms with Crippen LogP contribution in [0.3, 0.4) is 0 Å². The van der Waals surface area contributed by atoms with E-state index in [0.717, 1.165) is 18.7 Å². The number of hydrogen-bond acceptors (Lipinski definition) is 3. The molecule has 1 rings (SSSR count). The molecule has 0 aliphatic carbocycles. The van der Waals surface area contributed by atoms with Gasteiger partial charge in [0.15, 0.2) is 0 Å². The minimum atomic E-state index is -0.0215. The van der Waals surface area contributed by atoms with Crippen molar-refractivity contribution in [2.75, 3.05) is 6.54 Å². The summed E-state index contributed by atoms with van der Waals surface area (Å²) >= 11 is 3.97. The molecule has 0 bridgehead atoms. The van der Waals surface area contributed by atoms with Crippen LogP contribution >= 0.6 is 12.8 Å². The summed E-state index contributed by atoms with van der Waals surface area (Å²) in [7, 11) is 0. The zero-order valence-corrected chi connectivity index (χ0v) is 6.77. The Morgan fingerprint density at radius 2 is 2.50 bits per heavy atom. The lowest BCUT2D eigenvalue weighted by Crippen LogP contribution is -2.22. The molecular weight excluding hydrogens is 148 g/mol. The van der Waals surface area contributed by atoms with E-state index in [-0.39, 0.29) is 12.5 Å². The summed E-state index contributed by atoms with van der Waals surface area (Å²) in [6.45, 7) is 2.33. The van der Waals surface area contributed by atoms with Gasteiger partial charge >= 0.3 is 0 Å². The maximum Gasteiger partial charge on any atom is 0.259 e. The summed E-state index contributed by atoms with van der Waals surface area (Å²) in [6, 6.07) is 0. The van der Waals surface area contributed by atoms with Crippen molar-refractivity contribution in [2.45, 2.75) is 19.8 Å². The molecule has 0 aromatic rings. The van der Waals surface area contributed by atoms with E-state index in [2.05, 4.69) is 17.8 Å². The third-order valence-electron chi connectivity index (χ3n) is 1.35. The number of thiol groups is 1. The van der Waals surface area contributed by atoms with Crippen molar-refractivity contribution in [2.24, 2.45) is 4.99 Å². The second-order valence-electron chi connectivity index (χ2n) is 2.19. The Morgan fingerprint density at radius 3 is 2.90 bits per heavy atom. The summed E-state index contributed by atoms with van der Waals surface area (Å²) in [4.78, 5) is 14.8. The van der Waals surface area contributed by atoms with E-state index < -0.39 is 0 Å². The Bertz CT molecular complexity index is 179. The highest BCUT2D eigenvalue weighted by molar-refractivity contribution is 7.79. The van der Waals surface area contributed by atoms with Crippen molar-refractivity contribution < 1.29 is 4.79 Å². The van der Waals surface area contributed by atoms with Crippen molar-refractivity contribution in [3.05, 3.63) is 0 Å². The van der Waals surface area contributed by atoms with Crippen molar-refractivity contribution in [1.29, 1.82) is 0 Å². The molecule has 4 heteroatoms. The van der Waals surface area contributed by atoms with Crippen molar-refractivity contribution in [1.82, 2.24) is 4.31 Å². The molecule has 0 aromatic heterocycles. The van der Waals surface area contributed by atoms with Crippen molar-refractivity contribution >= 4 is 24.6 Å². The number of amides is 1. The lowest BCUT2D eigenvalue weighted by atomic mass is 10.3. The normalized spacial score (nSPS) is 18.0. The second kappa shape index (κ2) is 3.05. The minimum absolute atomic E-state index is 0.0215. The topological polar surface area (TPSA) is 32.7 Å². The van der Waals surface area contributed by atoms with Crippen LogP contribution in [0.15, 0.2) is 4.99 Å². The molecule has 10 heavy (non-hydrogen) atoms. The molecule has 0 N–H and O–H groups in total. The van der Waals surface area contributed by atoms with Gasteiger partial charge in [-0.1, -0.05) is 19.7 Å². The molecule has 0 unspecified atom stereocenters. The second-order valence-corrected chi connectivity index (χ2v) is 2.59. The van der Waals surface area contributed by atoms with E-state index in [0.29, 0.717) is 0 Å². The largest absolute Gasteiger partial charge is 0.271 e. The molecule has 3 nitrogen and oxygen atoms in total. The fourth-order valence-corrected chi connectivity index (χ4v) is 1.07. The number of aliphatic imine (C=N–C) groups is 1. The summed E-state index contributed by atoms with van der Waals surface area (Å²) in [5.41, 5.74) is 0. The van der Waals surface area contributed by atoms with Crippen LogP contribution in [0, 0.1) is 0 Å². The number of carbonyl (C=O) groups excluding carboxylic acids is 1. The molecular formula is C6H10N2OS. The Morgan fingerprint density at radius 1 is 1.80 bits per heavy atom. The molecule has 0 fully saturated rings. The Kier molecular flexibility index (Phi) is 2.32. The van der Waals surface area contributed by atoms with Crippen LogP contribution in [-0.4, -0.2) is 22.6 Å². The van der Waals surface area contributed by atoms with E-state index in [1.165, 1.54) is 4.31 Å². The van der Waals surface area contributed by atoms with Gasteiger partial charge in [-0.25, -0.2) is 4.31 Å². The lowest BCUT2D eigenvalue weighted by Gasteiger charge is -2.07. The van der Waals surface area contributed by atoms with Gasteiger partial charge in [-0.2, -0.15) is 0 Å². The summed E-state index contributed by atoms with van der Waals surface area (Å²) in [5.74, 6) is 0.780. The number of rotatable bonds is 2. The smallest absolute Gasteiger partial charge is 0.259 e. The molecule has 56 valence electrons. The first-order valence-corrected chi connectivity index (χ1v) is 3.71. The Labute approximate surface area is 65.7 Å². The molecule has 0 saturated carbocycles. The van der Waals surface area contributed by atoms with Gasteiger partial charge in [0, 0.05) is 6.42 Å². The van der Waals surface area contributed by atoms with Gasteiger partial charge in [-0.3, -0.25) is 9.79 Å². The van der Waals surface area contributed by atoms with Gasteiger partial charge in [0.25, 0.3) is 5.91 Å². The summed E-state index contributed by atoms with van der Waals surface area (Å²) in [5, 5.41) is 0. The number of hydrogen-bond donors (Lipinski definition) is 1. The van der Waals surface area contributed by atoms with Gasteiger partial charge in [-0.05, 0) is 6.42 Å². The SMILES string of the molecule is CCCC1=NCC(=O)N1S. The highest BCUT2D eigenvalue weighted by atomic mass is 32.1. The average Bonchev–Trinajstić information content (AvgIpc) is 2.20. The van der Waals surface area contributed by atoms with E-state index >= 15 is 0 Å². The molecule has 0 aromatic carbocycles. The third kappa shape index (κ3) is 1.31. The van der Waals surface area contributed by atoms with E-state index in [1.54, 1.807) is 0 Å². The fourth-order valence-electron chi connectivity index (χ4n) is 0.845. The predicted molar refractivity (Wildman–Crippen MR) is 43.0 cm³/mol. The molecule has 0 spiro atoms. The molecule has 0 atom stereocenters. The molecule has 0 saturated heterocycles. The number of amidine groups is 1. The molecule has 1 heterocycles. The Balaban J connectivity index is 2.54. The zero-order chi connectivity index (χ0) is 7.56. The van der Waals surface area contributed by atoms with E-state index in [9.17, 15) is 4.79 Å².